The maximum atomic E-state index is 2.55. The molecule has 0 aliphatic heterocycles. The van der Waals surface area contributed by atoms with E-state index in [0.29, 0.717) is 11.8 Å². The van der Waals surface area contributed by atoms with Crippen LogP contribution in [0.1, 0.15) is 38.8 Å². The molecule has 42 heavy (non-hydrogen) atoms. The second-order valence-corrected chi connectivity index (χ2v) is 32.8. The van der Waals surface area contributed by atoms with Gasteiger partial charge >= 0.3 is 244 Å². The van der Waals surface area contributed by atoms with Gasteiger partial charge in [0, 0.05) is 0 Å². The van der Waals surface area contributed by atoms with E-state index in [-0.39, 0.29) is 24.8 Å². The van der Waals surface area contributed by atoms with E-state index >= 15 is 0 Å². The van der Waals surface area contributed by atoms with Crippen LogP contribution in [0.2, 0.25) is 0 Å². The Bertz CT molecular complexity index is 1630. The molecule has 0 spiro atoms. The molecule has 214 valence electrons. The number of hydrogen-bond donors (Lipinski definition) is 0. The molecule has 0 nitrogen and oxygen atoms in total. The topological polar surface area (TPSA) is 0 Å². The Labute approximate surface area is 266 Å². The molecule has 0 N–H and O–H groups in total. The molecule has 4 aromatic rings. The number of hydrogen-bond acceptors (Lipinski definition) is 0. The second-order valence-electron chi connectivity index (χ2n) is 11.7. The van der Waals surface area contributed by atoms with Gasteiger partial charge in [-0.1, -0.05) is 0 Å². The summed E-state index contributed by atoms with van der Waals surface area (Å²) in [5.74, 6) is 0.707. The summed E-state index contributed by atoms with van der Waals surface area (Å²) < 4.78 is 6.47. The number of benzene rings is 4. The van der Waals surface area contributed by atoms with Crippen LogP contribution >= 0.6 is 24.8 Å². The van der Waals surface area contributed by atoms with Gasteiger partial charge in [0.15, 0.2) is 0 Å². The van der Waals surface area contributed by atoms with Gasteiger partial charge < -0.3 is 0 Å². The van der Waals surface area contributed by atoms with E-state index in [1.165, 1.54) is 33.4 Å². The van der Waals surface area contributed by atoms with Crippen molar-refractivity contribution in [2.24, 2.45) is 11.8 Å². The van der Waals surface area contributed by atoms with Crippen molar-refractivity contribution in [2.45, 2.75) is 27.7 Å². The fraction of sp³-hybridized carbons (Fsp3) is 0.158. The van der Waals surface area contributed by atoms with Gasteiger partial charge in [0.1, 0.15) is 0 Å². The minimum Gasteiger partial charge on any atom is -0.147 e. The Morgan fingerprint density at radius 2 is 0.762 bits per heavy atom. The van der Waals surface area contributed by atoms with E-state index in [0.717, 1.165) is 0 Å². The molecule has 0 saturated carbocycles. The predicted molar refractivity (Wildman–Crippen MR) is 188 cm³/mol. The summed E-state index contributed by atoms with van der Waals surface area (Å²) in [6, 6.07) is 45.2. The molecule has 0 amide bonds. The normalized spacial score (nSPS) is 18.7. The minimum atomic E-state index is -4.49. The molecule has 2 atom stereocenters. The zero-order valence-electron chi connectivity index (χ0n) is 24.9. The van der Waals surface area contributed by atoms with Crippen LogP contribution in [0.5, 0.6) is 0 Å². The Morgan fingerprint density at radius 3 is 1.07 bits per heavy atom. The first-order chi connectivity index (χ1) is 19.4. The van der Waals surface area contributed by atoms with E-state index in [1.54, 1.807) is 13.1 Å². The fourth-order valence-corrected chi connectivity index (χ4v) is 37.1. The summed E-state index contributed by atoms with van der Waals surface area (Å²) in [6.07, 6.45) is 5.10. The standard InChI is InChI=1S/2C13H13.2C6H5.2ClH.H2Si.Zr/c2*1-10-8-11(2)13(9-10)12-6-4-3-5-7-12;2*1-2-4-6-5-3-1;;;;/h2*3-7,9-10H,1-2H3;2*1-5H;2*1H;1H2;. The quantitative estimate of drug-likeness (QED) is 0.178. The molecule has 0 saturated heterocycles. The smallest absolute Gasteiger partial charge is 0.147 e. The van der Waals surface area contributed by atoms with E-state index in [9.17, 15) is 0 Å². The summed E-state index contributed by atoms with van der Waals surface area (Å²) in [6.45, 7) is 12.1. The molecule has 0 fully saturated rings. The summed E-state index contributed by atoms with van der Waals surface area (Å²) in [4.78, 5) is 0. The minimum absolute atomic E-state index is 0. The molecule has 6 rings (SSSR count). The van der Waals surface area contributed by atoms with Crippen molar-refractivity contribution in [3.05, 3.63) is 162 Å². The molecule has 0 aromatic heterocycles. The van der Waals surface area contributed by atoms with Gasteiger partial charge in [0.25, 0.3) is 0 Å². The summed E-state index contributed by atoms with van der Waals surface area (Å²) >= 11 is -4.49. The molecular weight excluding hydrogens is 647 g/mol. The Balaban J connectivity index is 0.00000202. The third kappa shape index (κ3) is 4.86. The van der Waals surface area contributed by atoms with E-state index in [2.05, 4.69) is 168 Å². The molecule has 4 aromatic carbocycles. The zero-order valence-corrected chi connectivity index (χ0v) is 30.4. The van der Waals surface area contributed by atoms with Gasteiger partial charge in [-0.05, 0) is 0 Å². The summed E-state index contributed by atoms with van der Waals surface area (Å²) in [5.41, 5.74) is 8.41. The van der Waals surface area contributed by atoms with Crippen LogP contribution in [-0.2, 0) is 17.4 Å². The molecule has 2 aliphatic rings. The number of halogens is 2. The zero-order chi connectivity index (χ0) is 27.9. The van der Waals surface area contributed by atoms with Crippen molar-refractivity contribution in [2.75, 3.05) is 0 Å². The van der Waals surface area contributed by atoms with Crippen LogP contribution < -0.4 is 6.54 Å². The molecule has 4 heteroatoms. The van der Waals surface area contributed by atoms with Gasteiger partial charge in [0.2, 0.25) is 0 Å². The Morgan fingerprint density at radius 1 is 0.476 bits per heavy atom. The monoisotopic (exact) mass is 684 g/mol. The maximum Gasteiger partial charge on any atom is -0.147 e. The van der Waals surface area contributed by atoms with Gasteiger partial charge in [-0.15, -0.1) is 24.8 Å². The third-order valence-electron chi connectivity index (χ3n) is 9.54. The van der Waals surface area contributed by atoms with Crippen molar-refractivity contribution >= 4 is 49.4 Å². The van der Waals surface area contributed by atoms with Crippen LogP contribution in [0, 0.1) is 11.8 Å². The maximum absolute atomic E-state index is 4.49. The molecule has 0 bridgehead atoms. The first-order valence-electron chi connectivity index (χ1n) is 14.5. The van der Waals surface area contributed by atoms with E-state index < -0.39 is 17.4 Å². The van der Waals surface area contributed by atoms with Crippen LogP contribution in [0.25, 0.3) is 11.1 Å². The van der Waals surface area contributed by atoms with E-state index in [4.69, 9.17) is 0 Å². The van der Waals surface area contributed by atoms with Crippen LogP contribution in [0.3, 0.4) is 0 Å². The average molecular weight is 687 g/mol. The molecule has 0 radical (unpaired) electrons. The van der Waals surface area contributed by atoms with Crippen molar-refractivity contribution in [3.8, 4) is 0 Å². The first-order valence-corrected chi connectivity index (χ1v) is 25.3. The largest absolute Gasteiger partial charge is 0.147 e. The van der Waals surface area contributed by atoms with E-state index in [1.807, 2.05) is 0 Å². The first kappa shape index (κ1) is 32.4. The summed E-state index contributed by atoms with van der Waals surface area (Å²) in [5, 5.41) is 0. The SMILES string of the molecule is CC1=[C]([Zr](=[SiH2])([C]2=C(C)C(c3ccccc3)=CC2C)([c]2ccccc2)[c]2ccccc2)C(C)C=C1c1ccccc1.Cl.Cl. The van der Waals surface area contributed by atoms with Crippen molar-refractivity contribution in [3.63, 3.8) is 0 Å². The van der Waals surface area contributed by atoms with Crippen LogP contribution in [-0.4, -0.2) is 6.88 Å². The van der Waals surface area contributed by atoms with Gasteiger partial charge in [-0.25, -0.2) is 0 Å². The third-order valence-corrected chi connectivity index (χ3v) is 36.7. The molecule has 0 heterocycles. The summed E-state index contributed by atoms with van der Waals surface area (Å²) in [7, 11) is 0. The Kier molecular flexibility index (Phi) is 9.75. The van der Waals surface area contributed by atoms with Gasteiger partial charge in [-0.3, -0.25) is 0 Å². The van der Waals surface area contributed by atoms with Crippen LogP contribution in [0.15, 0.2) is 151 Å². The Hall–Kier alpha value is -2.48. The van der Waals surface area contributed by atoms with Crippen LogP contribution in [0.4, 0.5) is 0 Å². The van der Waals surface area contributed by atoms with Crippen molar-refractivity contribution < 1.29 is 17.4 Å². The molecule has 2 aliphatic carbocycles. The van der Waals surface area contributed by atoms with Crippen molar-refractivity contribution in [1.82, 2.24) is 0 Å². The predicted octanol–water partition coefficient (Wildman–Crippen LogP) is 8.73. The van der Waals surface area contributed by atoms with Gasteiger partial charge in [0.05, 0.1) is 0 Å². The molecular formula is C38H40Cl2SiZr. The van der Waals surface area contributed by atoms with Gasteiger partial charge in [-0.2, -0.15) is 0 Å². The number of allylic oxidation sites excluding steroid dienone is 8. The number of rotatable bonds is 6. The van der Waals surface area contributed by atoms with Crippen molar-refractivity contribution in [1.29, 1.82) is 0 Å². The molecule has 2 unspecified atom stereocenters. The fourth-order valence-electron chi connectivity index (χ4n) is 8.13. The average Bonchev–Trinajstić information content (AvgIpc) is 3.49. The second kappa shape index (κ2) is 12.6.